The highest BCUT2D eigenvalue weighted by atomic mass is 35.5. The summed E-state index contributed by atoms with van der Waals surface area (Å²) in [6, 6.07) is 11.6. The van der Waals surface area contributed by atoms with E-state index < -0.39 is 16.8 Å². The lowest BCUT2D eigenvalue weighted by molar-refractivity contribution is -0.384. The Morgan fingerprint density at radius 1 is 1.20 bits per heavy atom. The first kappa shape index (κ1) is 20.2. The number of thiophene rings is 1. The van der Waals surface area contributed by atoms with Crippen LogP contribution in [0.15, 0.2) is 47.5 Å². The minimum absolute atomic E-state index is 0.135. The van der Waals surface area contributed by atoms with Gasteiger partial charge in [-0.2, -0.15) is 4.99 Å². The predicted octanol–water partition coefficient (Wildman–Crippen LogP) is 4.39. The lowest BCUT2D eigenvalue weighted by Crippen LogP contribution is -2.22. The van der Waals surface area contributed by atoms with Crippen LogP contribution in [0.3, 0.4) is 0 Å². The lowest BCUT2D eigenvalue weighted by Gasteiger charge is -2.03. The molecule has 0 N–H and O–H groups in total. The van der Waals surface area contributed by atoms with Crippen molar-refractivity contribution in [1.82, 2.24) is 4.57 Å². The zero-order valence-corrected chi connectivity index (χ0v) is 17.7. The molecule has 2 aromatic carbocycles. The monoisotopic (exact) mass is 461 g/mol. The van der Waals surface area contributed by atoms with Gasteiger partial charge in [0, 0.05) is 22.2 Å². The van der Waals surface area contributed by atoms with Crippen LogP contribution in [0.25, 0.3) is 20.3 Å². The molecule has 0 aliphatic heterocycles. The summed E-state index contributed by atoms with van der Waals surface area (Å²) >= 11 is 8.74. The Morgan fingerprint density at radius 2 is 1.97 bits per heavy atom. The normalized spacial score (nSPS) is 11.9. The number of nitro benzene ring substituents is 1. The molecule has 0 aliphatic carbocycles. The van der Waals surface area contributed by atoms with Crippen molar-refractivity contribution in [1.29, 1.82) is 0 Å². The molecule has 0 aliphatic rings. The maximum atomic E-state index is 12.9. The van der Waals surface area contributed by atoms with Gasteiger partial charge in [-0.15, -0.1) is 11.3 Å². The molecule has 8 nitrogen and oxygen atoms in total. The van der Waals surface area contributed by atoms with Gasteiger partial charge in [0.2, 0.25) is 0 Å². The first-order valence-electron chi connectivity index (χ1n) is 8.49. The number of non-ortho nitro benzene ring substituents is 1. The van der Waals surface area contributed by atoms with Crippen molar-refractivity contribution in [2.75, 3.05) is 7.11 Å². The molecule has 11 heteroatoms. The summed E-state index contributed by atoms with van der Waals surface area (Å²) in [4.78, 5) is 40.1. The fourth-order valence-electron chi connectivity index (χ4n) is 2.89. The van der Waals surface area contributed by atoms with E-state index in [1.807, 2.05) is 24.3 Å². The van der Waals surface area contributed by atoms with Crippen molar-refractivity contribution in [2.24, 2.45) is 4.99 Å². The Kier molecular flexibility index (Phi) is 5.37. The van der Waals surface area contributed by atoms with E-state index in [0.717, 1.165) is 21.4 Å². The van der Waals surface area contributed by atoms with E-state index >= 15 is 0 Å². The number of thiazole rings is 1. The third-order valence-electron chi connectivity index (χ3n) is 4.32. The average molecular weight is 462 g/mol. The highest BCUT2D eigenvalue weighted by Crippen LogP contribution is 2.35. The summed E-state index contributed by atoms with van der Waals surface area (Å²) in [5.74, 6) is -1.13. The molecule has 0 bridgehead atoms. The second kappa shape index (κ2) is 7.98. The van der Waals surface area contributed by atoms with Crippen molar-refractivity contribution < 1.29 is 19.2 Å². The minimum atomic E-state index is -0.574. The van der Waals surface area contributed by atoms with Crippen LogP contribution < -0.4 is 4.80 Å². The maximum Gasteiger partial charge on any atom is 0.325 e. The third-order valence-corrected chi connectivity index (χ3v) is 7.04. The largest absolute Gasteiger partial charge is 0.468 e. The number of nitrogens with zero attached hydrogens (tertiary/aromatic N) is 3. The van der Waals surface area contributed by atoms with E-state index in [0.29, 0.717) is 15.2 Å². The number of benzene rings is 2. The number of hydrogen-bond donors (Lipinski definition) is 0. The van der Waals surface area contributed by atoms with E-state index in [9.17, 15) is 19.7 Å². The number of amides is 1. The summed E-state index contributed by atoms with van der Waals surface area (Å²) < 4.78 is 7.64. The number of hydrogen-bond acceptors (Lipinski definition) is 7. The number of esters is 1. The molecule has 1 amide bonds. The molecule has 4 aromatic rings. The van der Waals surface area contributed by atoms with E-state index in [2.05, 4.69) is 4.99 Å². The van der Waals surface area contributed by atoms with Crippen molar-refractivity contribution in [3.05, 3.63) is 67.3 Å². The van der Waals surface area contributed by atoms with Crippen molar-refractivity contribution in [2.45, 2.75) is 6.54 Å². The Morgan fingerprint density at radius 3 is 2.67 bits per heavy atom. The van der Waals surface area contributed by atoms with Crippen molar-refractivity contribution in [3.8, 4) is 0 Å². The molecular weight excluding hydrogens is 450 g/mol. The fraction of sp³-hybridized carbons (Fsp3) is 0.105. The summed E-state index contributed by atoms with van der Waals surface area (Å²) in [6.07, 6.45) is 0. The molecular formula is C19H12ClN3O5S2. The van der Waals surface area contributed by atoms with E-state index in [4.69, 9.17) is 16.3 Å². The topological polar surface area (TPSA) is 104 Å². The Balaban J connectivity index is 1.89. The molecule has 0 atom stereocenters. The van der Waals surface area contributed by atoms with Gasteiger partial charge >= 0.3 is 5.97 Å². The Hall–Kier alpha value is -3.08. The minimum Gasteiger partial charge on any atom is -0.468 e. The van der Waals surface area contributed by atoms with Gasteiger partial charge in [0.25, 0.3) is 11.6 Å². The van der Waals surface area contributed by atoms with Gasteiger partial charge in [-0.3, -0.25) is 19.7 Å². The molecule has 0 saturated heterocycles. The number of carbonyl (C=O) groups is 2. The molecule has 0 radical (unpaired) electrons. The number of methoxy groups -OCH3 is 1. The van der Waals surface area contributed by atoms with Crippen LogP contribution in [0.1, 0.15) is 9.67 Å². The zero-order valence-electron chi connectivity index (χ0n) is 15.3. The van der Waals surface area contributed by atoms with Gasteiger partial charge in [-0.1, -0.05) is 41.1 Å². The predicted molar refractivity (Wildman–Crippen MR) is 115 cm³/mol. The third kappa shape index (κ3) is 3.60. The second-order valence-electron chi connectivity index (χ2n) is 6.11. The molecule has 30 heavy (non-hydrogen) atoms. The van der Waals surface area contributed by atoms with Gasteiger partial charge < -0.3 is 9.30 Å². The summed E-state index contributed by atoms with van der Waals surface area (Å²) in [6.45, 7) is -0.246. The first-order chi connectivity index (χ1) is 14.4. The first-order valence-corrected chi connectivity index (χ1v) is 10.5. The zero-order chi connectivity index (χ0) is 21.4. The van der Waals surface area contributed by atoms with Gasteiger partial charge in [0.1, 0.15) is 11.4 Å². The average Bonchev–Trinajstić information content (AvgIpc) is 3.25. The molecule has 0 fully saturated rings. The van der Waals surface area contributed by atoms with E-state index in [1.165, 1.54) is 35.1 Å². The number of fused-ring (bicyclic) bond motifs is 2. The number of ether oxygens (including phenoxy) is 1. The molecule has 0 saturated carbocycles. The summed E-state index contributed by atoms with van der Waals surface area (Å²) in [5.41, 5.74) is 0.276. The SMILES string of the molecule is COC(=O)Cn1c(=NC(=O)c2sc3ccccc3c2Cl)sc2ccc([N+](=O)[O-])cc21. The molecule has 0 unspecified atom stereocenters. The number of halogens is 1. The molecule has 2 aromatic heterocycles. The van der Waals surface area contributed by atoms with Crippen LogP contribution in [0.4, 0.5) is 5.69 Å². The molecule has 4 rings (SSSR count). The molecule has 152 valence electrons. The van der Waals surface area contributed by atoms with Gasteiger partial charge in [-0.25, -0.2) is 0 Å². The van der Waals surface area contributed by atoms with Crippen LogP contribution in [-0.4, -0.2) is 28.5 Å². The summed E-state index contributed by atoms with van der Waals surface area (Å²) in [5, 5.41) is 12.2. The number of carbonyl (C=O) groups excluding carboxylic acids is 2. The fourth-order valence-corrected chi connectivity index (χ4v) is 5.30. The van der Waals surface area contributed by atoms with E-state index in [-0.39, 0.29) is 21.9 Å². The lowest BCUT2D eigenvalue weighted by atomic mass is 10.2. The van der Waals surface area contributed by atoms with Crippen LogP contribution >= 0.6 is 34.3 Å². The number of rotatable bonds is 4. The van der Waals surface area contributed by atoms with Gasteiger partial charge in [0.05, 0.1) is 27.3 Å². The molecule has 0 spiro atoms. The van der Waals surface area contributed by atoms with Crippen molar-refractivity contribution >= 4 is 72.1 Å². The standard InChI is InChI=1S/C19H12ClN3O5S2/c1-28-15(24)9-22-12-8-10(23(26)27)6-7-14(12)30-19(22)21-18(25)17-16(20)11-4-2-3-5-13(11)29-17/h2-8H,9H2,1H3. The van der Waals surface area contributed by atoms with Crippen LogP contribution in [-0.2, 0) is 16.1 Å². The van der Waals surface area contributed by atoms with Gasteiger partial charge in [0.15, 0.2) is 4.80 Å². The van der Waals surface area contributed by atoms with Gasteiger partial charge in [-0.05, 0) is 12.1 Å². The smallest absolute Gasteiger partial charge is 0.325 e. The van der Waals surface area contributed by atoms with E-state index in [1.54, 1.807) is 6.07 Å². The quantitative estimate of drug-likeness (QED) is 0.254. The highest BCUT2D eigenvalue weighted by molar-refractivity contribution is 7.21. The second-order valence-corrected chi connectivity index (χ2v) is 8.55. The Bertz CT molecular complexity index is 1400. The van der Waals surface area contributed by atoms with Crippen LogP contribution in [0.2, 0.25) is 5.02 Å². The summed E-state index contributed by atoms with van der Waals surface area (Å²) in [7, 11) is 1.23. The Labute approximate surface area is 181 Å². The molecule has 2 heterocycles. The van der Waals surface area contributed by atoms with Crippen LogP contribution in [0, 0.1) is 10.1 Å². The highest BCUT2D eigenvalue weighted by Gasteiger charge is 2.19. The van der Waals surface area contributed by atoms with Crippen molar-refractivity contribution in [3.63, 3.8) is 0 Å². The number of nitro groups is 1. The number of aromatic nitrogens is 1. The maximum absolute atomic E-state index is 12.9. The van der Waals surface area contributed by atoms with Crippen LogP contribution in [0.5, 0.6) is 0 Å².